The molecule has 0 aliphatic carbocycles. The Balaban J connectivity index is 2.14. The molecular formula is C18H12. The van der Waals surface area contributed by atoms with Gasteiger partial charge in [0.1, 0.15) is 0 Å². The van der Waals surface area contributed by atoms with Gasteiger partial charge in [-0.2, -0.15) is 0 Å². The van der Waals surface area contributed by atoms with E-state index in [1.165, 1.54) is 0 Å². The van der Waals surface area contributed by atoms with E-state index < -0.39 is 0 Å². The van der Waals surface area contributed by atoms with E-state index in [4.69, 9.17) is 12.8 Å². The van der Waals surface area contributed by atoms with Crippen LogP contribution in [0.15, 0.2) is 48.5 Å². The fraction of sp³-hybridized carbons (Fsp3) is 0. The number of hydrogen-bond acceptors (Lipinski definition) is 0. The van der Waals surface area contributed by atoms with E-state index in [0.717, 1.165) is 22.3 Å². The van der Waals surface area contributed by atoms with E-state index in [2.05, 4.69) is 11.8 Å². The van der Waals surface area contributed by atoms with Crippen LogP contribution in [0, 0.1) is 24.7 Å². The Labute approximate surface area is 108 Å². The number of benzene rings is 2. The van der Waals surface area contributed by atoms with Crippen LogP contribution in [0.1, 0.15) is 22.3 Å². The van der Waals surface area contributed by atoms with Crippen LogP contribution >= 0.6 is 0 Å². The predicted octanol–water partition coefficient (Wildman–Crippen LogP) is 3.82. The molecule has 0 saturated heterocycles. The molecule has 2 aromatic carbocycles. The van der Waals surface area contributed by atoms with Crippen LogP contribution in [0.3, 0.4) is 0 Å². The highest BCUT2D eigenvalue weighted by molar-refractivity contribution is 5.70. The van der Waals surface area contributed by atoms with E-state index in [-0.39, 0.29) is 0 Å². The third kappa shape index (κ3) is 2.91. The minimum atomic E-state index is 0.894. The smallest absolute Gasteiger partial charge is 0.0243 e. The second kappa shape index (κ2) is 5.58. The van der Waals surface area contributed by atoms with Crippen molar-refractivity contribution in [2.45, 2.75) is 0 Å². The van der Waals surface area contributed by atoms with Crippen LogP contribution in [0.25, 0.3) is 12.2 Å². The maximum Gasteiger partial charge on any atom is 0.0243 e. The standard InChI is InChI=1S/C18H12/c1-3-15-5-9-17(10-6-15)13-14-18-11-7-16(4-2)8-12-18/h1-2,5-14H/b14-13-. The lowest BCUT2D eigenvalue weighted by Gasteiger charge is -1.96. The molecule has 0 unspecified atom stereocenters. The van der Waals surface area contributed by atoms with Crippen molar-refractivity contribution in [2.24, 2.45) is 0 Å². The zero-order chi connectivity index (χ0) is 12.8. The molecule has 0 heteroatoms. The second-order valence-corrected chi connectivity index (χ2v) is 3.87. The number of terminal acetylenes is 2. The molecule has 0 N–H and O–H groups in total. The summed E-state index contributed by atoms with van der Waals surface area (Å²) in [5, 5.41) is 0. The summed E-state index contributed by atoms with van der Waals surface area (Å²) in [7, 11) is 0. The van der Waals surface area contributed by atoms with Gasteiger partial charge in [-0.15, -0.1) is 12.8 Å². The molecule has 0 nitrogen and oxygen atoms in total. The second-order valence-electron chi connectivity index (χ2n) is 3.87. The Kier molecular flexibility index (Phi) is 3.65. The van der Waals surface area contributed by atoms with Gasteiger partial charge in [-0.25, -0.2) is 0 Å². The Morgan fingerprint density at radius 3 is 1.22 bits per heavy atom. The van der Waals surface area contributed by atoms with E-state index >= 15 is 0 Å². The average molecular weight is 228 g/mol. The summed E-state index contributed by atoms with van der Waals surface area (Å²) in [6.07, 6.45) is 14.7. The molecule has 0 heterocycles. The van der Waals surface area contributed by atoms with Crippen LogP contribution in [-0.2, 0) is 0 Å². The summed E-state index contributed by atoms with van der Waals surface area (Å²) in [6, 6.07) is 15.7. The van der Waals surface area contributed by atoms with Crippen LogP contribution < -0.4 is 0 Å². The molecule has 0 aromatic heterocycles. The van der Waals surface area contributed by atoms with E-state index in [0.29, 0.717) is 0 Å². The summed E-state index contributed by atoms with van der Waals surface area (Å²) >= 11 is 0. The molecule has 0 amide bonds. The molecule has 2 aromatic rings. The van der Waals surface area contributed by atoms with Gasteiger partial charge in [0.2, 0.25) is 0 Å². The van der Waals surface area contributed by atoms with Gasteiger partial charge in [0.05, 0.1) is 0 Å². The Hall–Kier alpha value is -2.70. The maximum absolute atomic E-state index is 5.31. The van der Waals surface area contributed by atoms with Crippen molar-refractivity contribution >= 4 is 12.2 Å². The number of hydrogen-bond donors (Lipinski definition) is 0. The van der Waals surface area contributed by atoms with Crippen molar-refractivity contribution in [2.75, 3.05) is 0 Å². The Morgan fingerprint density at radius 1 is 0.611 bits per heavy atom. The fourth-order valence-corrected chi connectivity index (χ4v) is 1.57. The maximum atomic E-state index is 5.31. The quantitative estimate of drug-likeness (QED) is 0.541. The molecule has 0 radical (unpaired) electrons. The van der Waals surface area contributed by atoms with Crippen molar-refractivity contribution < 1.29 is 0 Å². The molecule has 0 aliphatic rings. The summed E-state index contributed by atoms with van der Waals surface area (Å²) < 4.78 is 0. The zero-order valence-electron chi connectivity index (χ0n) is 9.93. The van der Waals surface area contributed by atoms with Gasteiger partial charge in [0.15, 0.2) is 0 Å². The van der Waals surface area contributed by atoms with Gasteiger partial charge in [-0.3, -0.25) is 0 Å². The first-order valence-corrected chi connectivity index (χ1v) is 5.63. The Bertz CT molecular complexity index is 567. The molecule has 2 rings (SSSR count). The third-order valence-corrected chi connectivity index (χ3v) is 2.62. The largest absolute Gasteiger partial charge is 0.115 e. The van der Waals surface area contributed by atoms with Crippen LogP contribution in [0.4, 0.5) is 0 Å². The molecule has 18 heavy (non-hydrogen) atoms. The lowest BCUT2D eigenvalue weighted by atomic mass is 10.1. The summed E-state index contributed by atoms with van der Waals surface area (Å²) in [6.45, 7) is 0. The summed E-state index contributed by atoms with van der Waals surface area (Å²) in [5.74, 6) is 5.20. The van der Waals surface area contributed by atoms with Crippen LogP contribution in [-0.4, -0.2) is 0 Å². The topological polar surface area (TPSA) is 0 Å². The molecule has 0 saturated carbocycles. The highest BCUT2D eigenvalue weighted by Crippen LogP contribution is 2.10. The molecule has 0 bridgehead atoms. The van der Waals surface area contributed by atoms with Crippen molar-refractivity contribution in [1.29, 1.82) is 0 Å². The SMILES string of the molecule is C#Cc1ccc(/C=C\c2ccc(C#C)cc2)cc1. The third-order valence-electron chi connectivity index (χ3n) is 2.62. The average Bonchev–Trinajstić information content (AvgIpc) is 2.46. The lowest BCUT2D eigenvalue weighted by Crippen LogP contribution is -1.77. The Morgan fingerprint density at radius 2 is 0.944 bits per heavy atom. The first kappa shape index (κ1) is 11.8. The van der Waals surface area contributed by atoms with Crippen molar-refractivity contribution in [1.82, 2.24) is 0 Å². The highest BCUT2D eigenvalue weighted by atomic mass is 13.9. The predicted molar refractivity (Wildman–Crippen MR) is 77.7 cm³/mol. The van der Waals surface area contributed by atoms with Gasteiger partial charge in [0.25, 0.3) is 0 Å². The molecule has 0 aliphatic heterocycles. The minimum Gasteiger partial charge on any atom is -0.115 e. The van der Waals surface area contributed by atoms with E-state index in [1.807, 2.05) is 60.7 Å². The monoisotopic (exact) mass is 228 g/mol. The summed E-state index contributed by atoms with van der Waals surface area (Å²) in [5.41, 5.74) is 4.03. The van der Waals surface area contributed by atoms with Crippen molar-refractivity contribution in [3.05, 3.63) is 70.8 Å². The molecule has 0 fully saturated rings. The van der Waals surface area contributed by atoms with E-state index in [1.54, 1.807) is 0 Å². The van der Waals surface area contributed by atoms with Crippen molar-refractivity contribution in [3.63, 3.8) is 0 Å². The van der Waals surface area contributed by atoms with Gasteiger partial charge < -0.3 is 0 Å². The first-order valence-electron chi connectivity index (χ1n) is 5.63. The highest BCUT2D eigenvalue weighted by Gasteiger charge is 1.90. The van der Waals surface area contributed by atoms with Gasteiger partial charge >= 0.3 is 0 Å². The molecule has 0 atom stereocenters. The molecule has 84 valence electrons. The normalized spacial score (nSPS) is 9.89. The summed E-state index contributed by atoms with van der Waals surface area (Å²) in [4.78, 5) is 0. The van der Waals surface area contributed by atoms with Crippen LogP contribution in [0.5, 0.6) is 0 Å². The lowest BCUT2D eigenvalue weighted by molar-refractivity contribution is 1.60. The fourth-order valence-electron chi connectivity index (χ4n) is 1.57. The molecular weight excluding hydrogens is 216 g/mol. The van der Waals surface area contributed by atoms with Gasteiger partial charge in [-0.05, 0) is 35.4 Å². The first-order chi connectivity index (χ1) is 8.81. The zero-order valence-corrected chi connectivity index (χ0v) is 9.93. The van der Waals surface area contributed by atoms with E-state index in [9.17, 15) is 0 Å². The van der Waals surface area contributed by atoms with Gasteiger partial charge in [0, 0.05) is 11.1 Å². The number of rotatable bonds is 2. The minimum absolute atomic E-state index is 0.894. The van der Waals surface area contributed by atoms with Gasteiger partial charge in [-0.1, -0.05) is 48.3 Å². The van der Waals surface area contributed by atoms with Crippen molar-refractivity contribution in [3.8, 4) is 24.7 Å². The molecule has 0 spiro atoms. The van der Waals surface area contributed by atoms with Crippen LogP contribution in [0.2, 0.25) is 0 Å².